The van der Waals surface area contributed by atoms with Gasteiger partial charge >= 0.3 is 0 Å². The minimum atomic E-state index is -0.381. The van der Waals surface area contributed by atoms with Crippen molar-refractivity contribution >= 4 is 0 Å². The largest absolute Gasteiger partial charge is 0.387 e. The average Bonchev–Trinajstić information content (AvgIpc) is 2.53. The number of hydrogen-bond donors (Lipinski definition) is 1. The molecule has 3 unspecified atom stereocenters. The third kappa shape index (κ3) is 3.42. The van der Waals surface area contributed by atoms with E-state index in [1.807, 2.05) is 0 Å². The Hall–Kier alpha value is -0.860. The molecule has 20 heavy (non-hydrogen) atoms. The Bertz CT molecular complexity index is 400. The van der Waals surface area contributed by atoms with E-state index in [9.17, 15) is 5.11 Å². The van der Waals surface area contributed by atoms with E-state index in [4.69, 9.17) is 0 Å². The minimum Gasteiger partial charge on any atom is -0.387 e. The molecule has 0 spiro atoms. The van der Waals surface area contributed by atoms with Gasteiger partial charge in [0.05, 0.1) is 6.10 Å². The van der Waals surface area contributed by atoms with E-state index in [0.29, 0.717) is 6.04 Å². The van der Waals surface area contributed by atoms with Crippen molar-refractivity contribution in [2.45, 2.75) is 71.1 Å². The maximum atomic E-state index is 10.7. The fraction of sp³-hybridized carbons (Fsp3) is 0.667. The number of hydrogen-bond acceptors (Lipinski definition) is 2. The fourth-order valence-electron chi connectivity index (χ4n) is 3.41. The summed E-state index contributed by atoms with van der Waals surface area (Å²) in [6.07, 6.45) is 5.74. The zero-order chi connectivity index (χ0) is 14.5. The number of piperidine rings is 1. The standard InChI is InChI=1S/C18H29NO/c1-4-15-9-11-16(12-10-15)18(20)14(3)19-13-7-6-8-17(19)5-2/h9-12,14,17-18,20H,4-8,13H2,1-3H3. The number of aryl methyl sites for hydroxylation is 1. The van der Waals surface area contributed by atoms with Gasteiger partial charge in [0.15, 0.2) is 0 Å². The van der Waals surface area contributed by atoms with Gasteiger partial charge in [0, 0.05) is 12.1 Å². The fourth-order valence-corrected chi connectivity index (χ4v) is 3.41. The highest BCUT2D eigenvalue weighted by atomic mass is 16.3. The summed E-state index contributed by atoms with van der Waals surface area (Å²) in [6, 6.07) is 9.30. The zero-order valence-electron chi connectivity index (χ0n) is 13.2. The maximum Gasteiger partial charge on any atom is 0.0942 e. The van der Waals surface area contributed by atoms with Gasteiger partial charge in [-0.1, -0.05) is 44.5 Å². The summed E-state index contributed by atoms with van der Waals surface area (Å²) in [6.45, 7) is 7.72. The first-order valence-electron chi connectivity index (χ1n) is 8.20. The van der Waals surface area contributed by atoms with Gasteiger partial charge in [0.1, 0.15) is 0 Å². The van der Waals surface area contributed by atoms with Crippen molar-refractivity contribution < 1.29 is 5.11 Å². The van der Waals surface area contributed by atoms with Crippen LogP contribution in [0.3, 0.4) is 0 Å². The van der Waals surface area contributed by atoms with Gasteiger partial charge in [-0.15, -0.1) is 0 Å². The molecular formula is C18H29NO. The average molecular weight is 275 g/mol. The monoisotopic (exact) mass is 275 g/mol. The van der Waals surface area contributed by atoms with Crippen LogP contribution in [0.25, 0.3) is 0 Å². The Labute approximate surface area is 123 Å². The molecule has 0 radical (unpaired) electrons. The van der Waals surface area contributed by atoms with Gasteiger partial charge in [0.2, 0.25) is 0 Å². The molecule has 3 atom stereocenters. The molecule has 1 aromatic rings. The predicted octanol–water partition coefficient (Wildman–Crippen LogP) is 3.94. The highest BCUT2D eigenvalue weighted by Gasteiger charge is 2.29. The van der Waals surface area contributed by atoms with Crippen LogP contribution in [0, 0.1) is 0 Å². The van der Waals surface area contributed by atoms with Crippen molar-refractivity contribution in [3.05, 3.63) is 35.4 Å². The zero-order valence-corrected chi connectivity index (χ0v) is 13.2. The lowest BCUT2D eigenvalue weighted by molar-refractivity contribution is 0.0142. The highest BCUT2D eigenvalue weighted by Crippen LogP contribution is 2.28. The van der Waals surface area contributed by atoms with Gasteiger partial charge in [-0.3, -0.25) is 4.90 Å². The molecule has 0 bridgehead atoms. The second kappa shape index (κ2) is 7.24. The Balaban J connectivity index is 2.07. The summed E-state index contributed by atoms with van der Waals surface area (Å²) < 4.78 is 0. The van der Waals surface area contributed by atoms with Gasteiger partial charge in [-0.2, -0.15) is 0 Å². The molecule has 2 rings (SSSR count). The third-order valence-electron chi connectivity index (χ3n) is 4.85. The number of likely N-dealkylation sites (tertiary alicyclic amines) is 1. The van der Waals surface area contributed by atoms with Gasteiger partial charge in [-0.25, -0.2) is 0 Å². The number of benzene rings is 1. The van der Waals surface area contributed by atoms with Crippen molar-refractivity contribution in [2.75, 3.05) is 6.54 Å². The van der Waals surface area contributed by atoms with Crippen LogP contribution in [-0.2, 0) is 6.42 Å². The molecule has 1 saturated heterocycles. The maximum absolute atomic E-state index is 10.7. The lowest BCUT2D eigenvalue weighted by Crippen LogP contribution is -2.47. The van der Waals surface area contributed by atoms with Crippen LogP contribution in [0.5, 0.6) is 0 Å². The third-order valence-corrected chi connectivity index (χ3v) is 4.85. The summed E-state index contributed by atoms with van der Waals surface area (Å²) in [5.41, 5.74) is 2.38. The number of nitrogens with zero attached hydrogens (tertiary/aromatic N) is 1. The van der Waals surface area contributed by atoms with Crippen molar-refractivity contribution in [1.29, 1.82) is 0 Å². The van der Waals surface area contributed by atoms with Crippen molar-refractivity contribution in [3.8, 4) is 0 Å². The summed E-state index contributed by atoms with van der Waals surface area (Å²) in [4.78, 5) is 2.52. The molecule has 112 valence electrons. The number of rotatable bonds is 5. The molecule has 1 aromatic carbocycles. The second-order valence-corrected chi connectivity index (χ2v) is 6.08. The molecular weight excluding hydrogens is 246 g/mol. The Morgan fingerprint density at radius 3 is 2.50 bits per heavy atom. The van der Waals surface area contributed by atoms with Crippen LogP contribution in [0.2, 0.25) is 0 Å². The topological polar surface area (TPSA) is 23.5 Å². The van der Waals surface area contributed by atoms with Crippen LogP contribution in [0.1, 0.15) is 63.7 Å². The van der Waals surface area contributed by atoms with E-state index < -0.39 is 0 Å². The smallest absolute Gasteiger partial charge is 0.0942 e. The van der Waals surface area contributed by atoms with E-state index in [2.05, 4.69) is 49.9 Å². The van der Waals surface area contributed by atoms with E-state index in [-0.39, 0.29) is 12.1 Å². The SMILES string of the molecule is CCc1ccc(C(O)C(C)N2CCCCC2CC)cc1. The molecule has 1 aliphatic heterocycles. The number of aliphatic hydroxyl groups is 1. The first kappa shape index (κ1) is 15.5. The normalized spacial score (nSPS) is 23.5. The van der Waals surface area contributed by atoms with E-state index in [1.54, 1.807) is 0 Å². The molecule has 2 nitrogen and oxygen atoms in total. The molecule has 0 aromatic heterocycles. The van der Waals surface area contributed by atoms with Crippen LogP contribution in [0.4, 0.5) is 0 Å². The minimum absolute atomic E-state index is 0.202. The lowest BCUT2D eigenvalue weighted by atomic mass is 9.94. The lowest BCUT2D eigenvalue weighted by Gasteiger charge is -2.41. The Kier molecular flexibility index (Phi) is 5.62. The van der Waals surface area contributed by atoms with Gasteiger partial charge in [0.25, 0.3) is 0 Å². The van der Waals surface area contributed by atoms with Gasteiger partial charge in [-0.05, 0) is 50.3 Å². The van der Waals surface area contributed by atoms with Crippen molar-refractivity contribution in [3.63, 3.8) is 0 Å². The number of aliphatic hydroxyl groups excluding tert-OH is 1. The quantitative estimate of drug-likeness (QED) is 0.880. The van der Waals surface area contributed by atoms with E-state index >= 15 is 0 Å². The molecule has 1 N–H and O–H groups in total. The predicted molar refractivity (Wildman–Crippen MR) is 84.9 cm³/mol. The van der Waals surface area contributed by atoms with Crippen LogP contribution < -0.4 is 0 Å². The summed E-state index contributed by atoms with van der Waals surface area (Å²) in [5.74, 6) is 0. The first-order valence-corrected chi connectivity index (χ1v) is 8.20. The Morgan fingerprint density at radius 2 is 1.90 bits per heavy atom. The Morgan fingerprint density at radius 1 is 1.20 bits per heavy atom. The second-order valence-electron chi connectivity index (χ2n) is 6.08. The van der Waals surface area contributed by atoms with Crippen LogP contribution in [-0.4, -0.2) is 28.6 Å². The van der Waals surface area contributed by atoms with Gasteiger partial charge < -0.3 is 5.11 Å². The molecule has 1 heterocycles. The molecule has 0 aliphatic carbocycles. The van der Waals surface area contributed by atoms with Crippen molar-refractivity contribution in [2.24, 2.45) is 0 Å². The van der Waals surface area contributed by atoms with Crippen LogP contribution >= 0.6 is 0 Å². The summed E-state index contributed by atoms with van der Waals surface area (Å²) >= 11 is 0. The van der Waals surface area contributed by atoms with E-state index in [1.165, 1.54) is 31.2 Å². The van der Waals surface area contributed by atoms with Crippen molar-refractivity contribution in [1.82, 2.24) is 4.90 Å². The summed E-state index contributed by atoms with van der Waals surface area (Å²) in [5, 5.41) is 10.7. The van der Waals surface area contributed by atoms with E-state index in [0.717, 1.165) is 18.5 Å². The molecule has 0 saturated carbocycles. The summed E-state index contributed by atoms with van der Waals surface area (Å²) in [7, 11) is 0. The first-order chi connectivity index (χ1) is 9.67. The molecule has 0 amide bonds. The highest BCUT2D eigenvalue weighted by molar-refractivity contribution is 5.25. The molecule has 2 heteroatoms. The molecule has 1 fully saturated rings. The molecule has 1 aliphatic rings. The van der Waals surface area contributed by atoms with Crippen LogP contribution in [0.15, 0.2) is 24.3 Å².